The SMILES string of the molecule is C=Cc1ccncc1.CCC(N)=C(CCN(C)C)C(=O)OC. The third-order valence-electron chi connectivity index (χ3n) is 2.95. The highest BCUT2D eigenvalue weighted by atomic mass is 16.5. The summed E-state index contributed by atoms with van der Waals surface area (Å²) in [6, 6.07) is 3.82. The number of hydrogen-bond acceptors (Lipinski definition) is 5. The van der Waals surface area contributed by atoms with Gasteiger partial charge in [0.25, 0.3) is 0 Å². The summed E-state index contributed by atoms with van der Waals surface area (Å²) in [5.41, 5.74) is 8.08. The van der Waals surface area contributed by atoms with Crippen LogP contribution in [-0.2, 0) is 9.53 Å². The molecule has 5 nitrogen and oxygen atoms in total. The predicted molar refractivity (Wildman–Crippen MR) is 91.0 cm³/mol. The molecule has 0 atom stereocenters. The number of methoxy groups -OCH3 is 1. The molecule has 0 spiro atoms. The maximum absolute atomic E-state index is 11.3. The molecule has 22 heavy (non-hydrogen) atoms. The van der Waals surface area contributed by atoms with Crippen LogP contribution in [0.4, 0.5) is 0 Å². The van der Waals surface area contributed by atoms with Gasteiger partial charge in [-0.2, -0.15) is 0 Å². The fourth-order valence-corrected chi connectivity index (χ4v) is 1.57. The van der Waals surface area contributed by atoms with Crippen molar-refractivity contribution >= 4 is 12.0 Å². The second-order valence-electron chi connectivity index (χ2n) is 4.89. The Hall–Kier alpha value is -2.14. The predicted octanol–water partition coefficient (Wildman–Crippen LogP) is 2.46. The van der Waals surface area contributed by atoms with Gasteiger partial charge in [0.15, 0.2) is 0 Å². The molecule has 0 unspecified atom stereocenters. The van der Waals surface area contributed by atoms with E-state index in [0.717, 1.165) is 12.1 Å². The first-order valence-electron chi connectivity index (χ1n) is 7.19. The average Bonchev–Trinajstić information content (AvgIpc) is 2.55. The first-order chi connectivity index (χ1) is 10.5. The number of carbonyl (C=O) groups is 1. The lowest BCUT2D eigenvalue weighted by atomic mass is 10.1. The number of esters is 1. The molecule has 2 N–H and O–H groups in total. The highest BCUT2D eigenvalue weighted by Gasteiger charge is 2.13. The molecule has 0 radical (unpaired) electrons. The number of nitrogens with zero attached hydrogens (tertiary/aromatic N) is 2. The van der Waals surface area contributed by atoms with Gasteiger partial charge in [0.05, 0.1) is 12.7 Å². The second kappa shape index (κ2) is 11.5. The fourth-order valence-electron chi connectivity index (χ4n) is 1.57. The minimum atomic E-state index is -0.314. The van der Waals surface area contributed by atoms with Gasteiger partial charge in [-0.15, -0.1) is 0 Å². The molecule has 0 bridgehead atoms. The Morgan fingerprint density at radius 3 is 2.36 bits per heavy atom. The summed E-state index contributed by atoms with van der Waals surface area (Å²) >= 11 is 0. The number of aromatic nitrogens is 1. The van der Waals surface area contributed by atoms with Crippen molar-refractivity contribution < 1.29 is 9.53 Å². The van der Waals surface area contributed by atoms with Crippen LogP contribution in [0.1, 0.15) is 25.3 Å². The second-order valence-corrected chi connectivity index (χ2v) is 4.89. The number of rotatable bonds is 6. The largest absolute Gasteiger partial charge is 0.466 e. The van der Waals surface area contributed by atoms with Gasteiger partial charge < -0.3 is 15.4 Å². The molecule has 0 amide bonds. The van der Waals surface area contributed by atoms with Crippen LogP contribution in [-0.4, -0.2) is 43.6 Å². The van der Waals surface area contributed by atoms with Crippen molar-refractivity contribution in [1.29, 1.82) is 0 Å². The van der Waals surface area contributed by atoms with Gasteiger partial charge in [-0.3, -0.25) is 4.98 Å². The molecule has 0 fully saturated rings. The molecule has 0 saturated heterocycles. The molecule has 0 aliphatic carbocycles. The van der Waals surface area contributed by atoms with Crippen molar-refractivity contribution in [2.24, 2.45) is 5.73 Å². The maximum atomic E-state index is 11.3. The normalized spacial score (nSPS) is 11.1. The van der Waals surface area contributed by atoms with Crippen LogP contribution >= 0.6 is 0 Å². The third kappa shape index (κ3) is 8.21. The number of nitrogens with two attached hydrogens (primary N) is 1. The Morgan fingerprint density at radius 1 is 1.41 bits per heavy atom. The molecular formula is C17H27N3O2. The van der Waals surface area contributed by atoms with Gasteiger partial charge in [0.1, 0.15) is 0 Å². The molecule has 0 aliphatic rings. The number of ether oxygens (including phenoxy) is 1. The molecule has 1 rings (SSSR count). The molecular weight excluding hydrogens is 278 g/mol. The van der Waals surface area contributed by atoms with E-state index in [0.29, 0.717) is 24.1 Å². The summed E-state index contributed by atoms with van der Waals surface area (Å²) in [5.74, 6) is -0.314. The Bertz CT molecular complexity index is 482. The zero-order chi connectivity index (χ0) is 17.0. The van der Waals surface area contributed by atoms with Gasteiger partial charge in [0, 0.05) is 24.6 Å². The van der Waals surface area contributed by atoms with Crippen LogP contribution in [0.3, 0.4) is 0 Å². The van der Waals surface area contributed by atoms with Gasteiger partial charge in [-0.1, -0.05) is 19.6 Å². The molecule has 5 heteroatoms. The zero-order valence-corrected chi connectivity index (χ0v) is 14.0. The Kier molecular flexibility index (Phi) is 10.4. The van der Waals surface area contributed by atoms with Gasteiger partial charge in [-0.05, 0) is 44.6 Å². The average molecular weight is 305 g/mol. The molecule has 122 valence electrons. The lowest BCUT2D eigenvalue weighted by Crippen LogP contribution is -2.19. The van der Waals surface area contributed by atoms with Crippen molar-refractivity contribution in [1.82, 2.24) is 9.88 Å². The summed E-state index contributed by atoms with van der Waals surface area (Å²) < 4.78 is 4.67. The first kappa shape index (κ1) is 19.9. The fraction of sp³-hybridized carbons (Fsp3) is 0.412. The maximum Gasteiger partial charge on any atom is 0.335 e. The standard InChI is InChI=1S/C10H20N2O2.C7H7N/c1-5-9(11)8(10(13)14-4)6-7-12(2)3;1-2-7-3-5-8-6-4-7/h5-7,11H2,1-4H3;2-6H,1H2. The number of allylic oxidation sites excluding steroid dienone is 1. The molecule has 1 aromatic rings. The minimum Gasteiger partial charge on any atom is -0.466 e. The van der Waals surface area contributed by atoms with E-state index in [1.165, 1.54) is 7.11 Å². The molecule has 0 aliphatic heterocycles. The summed E-state index contributed by atoms with van der Waals surface area (Å²) in [7, 11) is 5.29. The van der Waals surface area contributed by atoms with Crippen LogP contribution in [0, 0.1) is 0 Å². The van der Waals surface area contributed by atoms with Crippen molar-refractivity contribution in [3.63, 3.8) is 0 Å². The molecule has 1 aromatic heterocycles. The van der Waals surface area contributed by atoms with E-state index in [2.05, 4.69) is 16.3 Å². The molecule has 1 heterocycles. The van der Waals surface area contributed by atoms with Gasteiger partial charge >= 0.3 is 5.97 Å². The van der Waals surface area contributed by atoms with E-state index >= 15 is 0 Å². The number of pyridine rings is 1. The van der Waals surface area contributed by atoms with Crippen molar-refractivity contribution in [3.8, 4) is 0 Å². The Balaban J connectivity index is 0.000000461. The van der Waals surface area contributed by atoms with Gasteiger partial charge in [-0.25, -0.2) is 4.79 Å². The van der Waals surface area contributed by atoms with Crippen LogP contribution in [0.25, 0.3) is 6.08 Å². The monoisotopic (exact) mass is 305 g/mol. The van der Waals surface area contributed by atoms with Crippen molar-refractivity contribution in [2.45, 2.75) is 19.8 Å². The van der Waals surface area contributed by atoms with E-state index in [4.69, 9.17) is 5.73 Å². The first-order valence-corrected chi connectivity index (χ1v) is 7.19. The minimum absolute atomic E-state index is 0.314. The third-order valence-corrected chi connectivity index (χ3v) is 2.95. The van der Waals surface area contributed by atoms with Crippen molar-refractivity contribution in [3.05, 3.63) is 47.9 Å². The highest BCUT2D eigenvalue weighted by molar-refractivity contribution is 5.89. The van der Waals surface area contributed by atoms with Gasteiger partial charge in [0.2, 0.25) is 0 Å². The van der Waals surface area contributed by atoms with Crippen molar-refractivity contribution in [2.75, 3.05) is 27.7 Å². The van der Waals surface area contributed by atoms with E-state index in [1.54, 1.807) is 18.5 Å². The Morgan fingerprint density at radius 2 is 2.00 bits per heavy atom. The number of hydrogen-bond donors (Lipinski definition) is 1. The highest BCUT2D eigenvalue weighted by Crippen LogP contribution is 2.10. The number of carbonyl (C=O) groups excluding carboxylic acids is 1. The van der Waals surface area contributed by atoms with E-state index in [9.17, 15) is 4.79 Å². The zero-order valence-electron chi connectivity index (χ0n) is 14.0. The Labute approximate surface area is 133 Å². The quantitative estimate of drug-likeness (QED) is 0.646. The molecule has 0 aromatic carbocycles. The van der Waals surface area contributed by atoms with E-state index in [1.807, 2.05) is 38.1 Å². The van der Waals surface area contributed by atoms with Crippen LogP contribution in [0.5, 0.6) is 0 Å². The topological polar surface area (TPSA) is 68.5 Å². The van der Waals surface area contributed by atoms with E-state index < -0.39 is 0 Å². The lowest BCUT2D eigenvalue weighted by molar-refractivity contribution is -0.136. The smallest absolute Gasteiger partial charge is 0.335 e. The summed E-state index contributed by atoms with van der Waals surface area (Å²) in [6.07, 6.45) is 6.60. The summed E-state index contributed by atoms with van der Waals surface area (Å²) in [6.45, 7) is 6.32. The van der Waals surface area contributed by atoms with E-state index in [-0.39, 0.29) is 5.97 Å². The summed E-state index contributed by atoms with van der Waals surface area (Å²) in [5, 5.41) is 0. The molecule has 0 saturated carbocycles. The van der Waals surface area contributed by atoms with Crippen LogP contribution < -0.4 is 5.73 Å². The lowest BCUT2D eigenvalue weighted by Gasteiger charge is -2.12. The summed E-state index contributed by atoms with van der Waals surface area (Å²) in [4.78, 5) is 17.2. The van der Waals surface area contributed by atoms with Crippen LogP contribution in [0.2, 0.25) is 0 Å². The van der Waals surface area contributed by atoms with Crippen LogP contribution in [0.15, 0.2) is 42.4 Å².